The highest BCUT2D eigenvalue weighted by Gasteiger charge is 2.30. The second-order valence-electron chi connectivity index (χ2n) is 8.13. The molecule has 0 saturated carbocycles. The number of ether oxygens (including phenoxy) is 1. The first-order valence-electron chi connectivity index (χ1n) is 10.6. The van der Waals surface area contributed by atoms with E-state index in [1.807, 2.05) is 30.9 Å². The zero-order chi connectivity index (χ0) is 20.2. The van der Waals surface area contributed by atoms with Gasteiger partial charge in [-0.15, -0.1) is 0 Å². The standard InChI is InChI=1S/C22H30N4O3/c1-16-21(17(2)29-24-16)15-22(27)26-11-5-18(6-12-26)25-13-7-20(8-14-25)28-19-3-9-23-10-4-19/h3-4,9-10,18,20H,5-8,11-15H2,1-2H3. The molecule has 0 aliphatic carbocycles. The summed E-state index contributed by atoms with van der Waals surface area (Å²) in [6.07, 6.45) is 8.40. The molecule has 4 rings (SSSR count). The van der Waals surface area contributed by atoms with Crippen LogP contribution in [0.3, 0.4) is 0 Å². The molecule has 2 aromatic rings. The van der Waals surface area contributed by atoms with Crippen molar-refractivity contribution in [2.24, 2.45) is 0 Å². The van der Waals surface area contributed by atoms with Gasteiger partial charge in [-0.1, -0.05) is 5.16 Å². The van der Waals surface area contributed by atoms with Crippen molar-refractivity contribution in [3.63, 3.8) is 0 Å². The van der Waals surface area contributed by atoms with Crippen molar-refractivity contribution >= 4 is 5.91 Å². The molecule has 2 saturated heterocycles. The average Bonchev–Trinajstić information content (AvgIpc) is 3.07. The van der Waals surface area contributed by atoms with E-state index >= 15 is 0 Å². The van der Waals surface area contributed by atoms with E-state index in [0.29, 0.717) is 12.5 Å². The molecule has 4 heterocycles. The van der Waals surface area contributed by atoms with E-state index in [1.54, 1.807) is 12.4 Å². The van der Waals surface area contributed by atoms with E-state index in [2.05, 4.69) is 15.0 Å². The Bertz CT molecular complexity index is 787. The predicted molar refractivity (Wildman–Crippen MR) is 109 cm³/mol. The van der Waals surface area contributed by atoms with Crippen LogP contribution in [0.5, 0.6) is 5.75 Å². The Balaban J connectivity index is 1.21. The number of carbonyl (C=O) groups excluding carboxylic acids is 1. The molecule has 0 bridgehead atoms. The topological polar surface area (TPSA) is 71.7 Å². The molecular formula is C22H30N4O3. The van der Waals surface area contributed by atoms with E-state index in [4.69, 9.17) is 9.26 Å². The van der Waals surface area contributed by atoms with Gasteiger partial charge in [-0.2, -0.15) is 0 Å². The van der Waals surface area contributed by atoms with Crippen LogP contribution >= 0.6 is 0 Å². The van der Waals surface area contributed by atoms with E-state index in [9.17, 15) is 4.79 Å². The number of nitrogens with zero attached hydrogens (tertiary/aromatic N) is 4. The van der Waals surface area contributed by atoms with Crippen molar-refractivity contribution in [3.05, 3.63) is 41.5 Å². The normalized spacial score (nSPS) is 19.4. The third-order valence-corrected chi connectivity index (χ3v) is 6.27. The lowest BCUT2D eigenvalue weighted by Gasteiger charge is -2.41. The fourth-order valence-electron chi connectivity index (χ4n) is 4.47. The lowest BCUT2D eigenvalue weighted by Crippen LogP contribution is -2.50. The van der Waals surface area contributed by atoms with Crippen molar-refractivity contribution in [1.82, 2.24) is 19.9 Å². The monoisotopic (exact) mass is 398 g/mol. The number of hydrogen-bond acceptors (Lipinski definition) is 6. The summed E-state index contributed by atoms with van der Waals surface area (Å²) in [7, 11) is 0. The number of piperidine rings is 2. The first-order valence-corrected chi connectivity index (χ1v) is 10.6. The van der Waals surface area contributed by atoms with Crippen LogP contribution in [0, 0.1) is 13.8 Å². The highest BCUT2D eigenvalue weighted by atomic mass is 16.5. The number of amides is 1. The highest BCUT2D eigenvalue weighted by molar-refractivity contribution is 5.79. The van der Waals surface area contributed by atoms with E-state index in [0.717, 1.165) is 74.6 Å². The molecule has 2 aliphatic heterocycles. The molecule has 0 atom stereocenters. The molecule has 1 amide bonds. The Morgan fingerprint density at radius 2 is 1.79 bits per heavy atom. The quantitative estimate of drug-likeness (QED) is 0.771. The van der Waals surface area contributed by atoms with Crippen molar-refractivity contribution in [2.75, 3.05) is 26.2 Å². The van der Waals surface area contributed by atoms with Crippen LogP contribution < -0.4 is 4.74 Å². The molecule has 0 N–H and O–H groups in total. The summed E-state index contributed by atoms with van der Waals surface area (Å²) in [6.45, 7) is 7.56. The number of hydrogen-bond donors (Lipinski definition) is 0. The van der Waals surface area contributed by atoms with Gasteiger partial charge in [-0.05, 0) is 51.7 Å². The van der Waals surface area contributed by atoms with E-state index < -0.39 is 0 Å². The lowest BCUT2D eigenvalue weighted by molar-refractivity contribution is -0.132. The molecule has 0 unspecified atom stereocenters. The number of aryl methyl sites for hydroxylation is 2. The molecule has 7 nitrogen and oxygen atoms in total. The van der Waals surface area contributed by atoms with Crippen LogP contribution in [0.1, 0.15) is 42.7 Å². The number of likely N-dealkylation sites (tertiary alicyclic amines) is 2. The van der Waals surface area contributed by atoms with Gasteiger partial charge in [0.2, 0.25) is 5.91 Å². The predicted octanol–water partition coefficient (Wildman–Crippen LogP) is 2.76. The van der Waals surface area contributed by atoms with Gasteiger partial charge in [0.05, 0.1) is 12.1 Å². The van der Waals surface area contributed by atoms with Crippen molar-refractivity contribution < 1.29 is 14.1 Å². The van der Waals surface area contributed by atoms with Crippen LogP contribution in [0.15, 0.2) is 29.0 Å². The van der Waals surface area contributed by atoms with Crippen LogP contribution in [-0.2, 0) is 11.2 Å². The lowest BCUT2D eigenvalue weighted by atomic mass is 9.98. The van der Waals surface area contributed by atoms with Gasteiger partial charge in [0.1, 0.15) is 17.6 Å². The van der Waals surface area contributed by atoms with Gasteiger partial charge in [0.25, 0.3) is 0 Å². The SMILES string of the molecule is Cc1noc(C)c1CC(=O)N1CCC(N2CCC(Oc3ccncc3)CC2)CC1. The van der Waals surface area contributed by atoms with Crippen LogP contribution in [0.4, 0.5) is 0 Å². The van der Waals surface area contributed by atoms with Crippen LogP contribution in [0.25, 0.3) is 0 Å². The van der Waals surface area contributed by atoms with E-state index in [-0.39, 0.29) is 12.0 Å². The minimum absolute atomic E-state index is 0.183. The molecule has 2 aliphatic rings. The Labute approximate surface area is 172 Å². The number of pyridine rings is 1. The molecule has 156 valence electrons. The van der Waals surface area contributed by atoms with Crippen LogP contribution in [-0.4, -0.2) is 64.2 Å². The summed E-state index contributed by atoms with van der Waals surface area (Å²) in [5, 5.41) is 3.95. The highest BCUT2D eigenvalue weighted by Crippen LogP contribution is 2.24. The summed E-state index contributed by atoms with van der Waals surface area (Å²) in [6, 6.07) is 4.41. The van der Waals surface area contributed by atoms with Crippen molar-refractivity contribution in [2.45, 2.75) is 58.1 Å². The minimum atomic E-state index is 0.183. The van der Waals surface area contributed by atoms with Gasteiger partial charge in [-0.3, -0.25) is 14.7 Å². The molecule has 7 heteroatoms. The Hall–Kier alpha value is -2.41. The fraction of sp³-hybridized carbons (Fsp3) is 0.591. The van der Waals surface area contributed by atoms with Gasteiger partial charge in [-0.25, -0.2) is 0 Å². The number of aromatic nitrogens is 2. The Morgan fingerprint density at radius 3 is 2.41 bits per heavy atom. The summed E-state index contributed by atoms with van der Waals surface area (Å²) in [5.41, 5.74) is 1.76. The molecule has 0 radical (unpaired) electrons. The number of carbonyl (C=O) groups is 1. The van der Waals surface area contributed by atoms with Gasteiger partial charge >= 0.3 is 0 Å². The first kappa shape index (κ1) is 19.9. The van der Waals surface area contributed by atoms with Gasteiger partial charge < -0.3 is 14.2 Å². The maximum atomic E-state index is 12.7. The molecular weight excluding hydrogens is 368 g/mol. The molecule has 0 aromatic carbocycles. The van der Waals surface area contributed by atoms with Gasteiger partial charge in [0, 0.05) is 50.2 Å². The second kappa shape index (κ2) is 8.95. The molecule has 2 fully saturated rings. The molecule has 2 aromatic heterocycles. The Kier molecular flexibility index (Phi) is 6.13. The Morgan fingerprint density at radius 1 is 1.10 bits per heavy atom. The van der Waals surface area contributed by atoms with Crippen molar-refractivity contribution in [1.29, 1.82) is 0 Å². The maximum absolute atomic E-state index is 12.7. The number of rotatable bonds is 5. The average molecular weight is 399 g/mol. The summed E-state index contributed by atoms with van der Waals surface area (Å²) >= 11 is 0. The first-order chi connectivity index (χ1) is 14.1. The van der Waals surface area contributed by atoms with Crippen molar-refractivity contribution in [3.8, 4) is 5.75 Å². The van der Waals surface area contributed by atoms with E-state index in [1.165, 1.54) is 0 Å². The fourth-order valence-corrected chi connectivity index (χ4v) is 4.47. The smallest absolute Gasteiger partial charge is 0.227 e. The largest absolute Gasteiger partial charge is 0.490 e. The molecule has 29 heavy (non-hydrogen) atoms. The second-order valence-corrected chi connectivity index (χ2v) is 8.13. The third-order valence-electron chi connectivity index (χ3n) is 6.27. The van der Waals surface area contributed by atoms with Crippen LogP contribution in [0.2, 0.25) is 0 Å². The summed E-state index contributed by atoms with van der Waals surface area (Å²) in [5.74, 6) is 1.84. The summed E-state index contributed by atoms with van der Waals surface area (Å²) in [4.78, 5) is 21.3. The molecule has 0 spiro atoms. The maximum Gasteiger partial charge on any atom is 0.227 e. The minimum Gasteiger partial charge on any atom is -0.490 e. The third kappa shape index (κ3) is 4.78. The zero-order valence-electron chi connectivity index (χ0n) is 17.3. The summed E-state index contributed by atoms with van der Waals surface area (Å²) < 4.78 is 11.3. The van der Waals surface area contributed by atoms with Gasteiger partial charge in [0.15, 0.2) is 0 Å². The zero-order valence-corrected chi connectivity index (χ0v) is 17.3.